The number of methoxy groups -OCH3 is 1. The first-order chi connectivity index (χ1) is 9.56. The van der Waals surface area contributed by atoms with Gasteiger partial charge in [-0.3, -0.25) is 0 Å². The summed E-state index contributed by atoms with van der Waals surface area (Å²) in [5, 5.41) is 21.8. The minimum Gasteiger partial charge on any atom is -0.493 e. The van der Waals surface area contributed by atoms with Crippen LogP contribution in [0.2, 0.25) is 0 Å². The van der Waals surface area contributed by atoms with Crippen molar-refractivity contribution in [2.24, 2.45) is 5.92 Å². The number of nitrogens with zero attached hydrogens (tertiary/aromatic N) is 1. The lowest BCUT2D eigenvalue weighted by atomic mass is 10.2. The Morgan fingerprint density at radius 3 is 2.65 bits per heavy atom. The lowest BCUT2D eigenvalue weighted by molar-refractivity contribution is 0.104. The molecular formula is C15H22N2O3. The molecule has 5 nitrogen and oxygen atoms in total. The average molecular weight is 278 g/mol. The molecule has 20 heavy (non-hydrogen) atoms. The molecule has 0 fully saturated rings. The highest BCUT2D eigenvalue weighted by Gasteiger charge is 2.09. The third kappa shape index (κ3) is 5.47. The minimum absolute atomic E-state index is 0.174. The molecule has 0 saturated carbocycles. The van der Waals surface area contributed by atoms with Gasteiger partial charge in [0.25, 0.3) is 0 Å². The van der Waals surface area contributed by atoms with Crippen molar-refractivity contribution in [2.45, 2.75) is 20.0 Å². The summed E-state index contributed by atoms with van der Waals surface area (Å²) >= 11 is 0. The number of aliphatic hydroxyl groups excluding tert-OH is 1. The van der Waals surface area contributed by atoms with Gasteiger partial charge in [0, 0.05) is 12.6 Å². The predicted molar refractivity (Wildman–Crippen MR) is 76.9 cm³/mol. The summed E-state index contributed by atoms with van der Waals surface area (Å²) in [5.41, 5.74) is 0.508. The Morgan fingerprint density at radius 1 is 1.30 bits per heavy atom. The van der Waals surface area contributed by atoms with E-state index in [2.05, 4.69) is 19.2 Å². The highest BCUT2D eigenvalue weighted by Crippen LogP contribution is 2.27. The fraction of sp³-hybridized carbons (Fsp3) is 0.533. The van der Waals surface area contributed by atoms with Gasteiger partial charge in [-0.25, -0.2) is 0 Å². The molecule has 0 spiro atoms. The summed E-state index contributed by atoms with van der Waals surface area (Å²) in [5.74, 6) is 1.56. The van der Waals surface area contributed by atoms with Crippen molar-refractivity contribution < 1.29 is 14.6 Å². The summed E-state index contributed by atoms with van der Waals surface area (Å²) in [7, 11) is 1.52. The topological polar surface area (TPSA) is 74.5 Å². The Labute approximate surface area is 120 Å². The largest absolute Gasteiger partial charge is 0.493 e. The number of nitriles is 1. The summed E-state index contributed by atoms with van der Waals surface area (Å²) in [4.78, 5) is 0. The first kappa shape index (κ1) is 16.3. The van der Waals surface area contributed by atoms with Crippen molar-refractivity contribution in [3.63, 3.8) is 0 Å². The second-order valence-corrected chi connectivity index (χ2v) is 4.99. The molecule has 1 atom stereocenters. The molecule has 0 aliphatic heterocycles. The fourth-order valence-corrected chi connectivity index (χ4v) is 1.64. The summed E-state index contributed by atoms with van der Waals surface area (Å²) < 4.78 is 10.7. The van der Waals surface area contributed by atoms with E-state index in [1.165, 1.54) is 7.11 Å². The van der Waals surface area contributed by atoms with E-state index in [0.29, 0.717) is 29.5 Å². The highest BCUT2D eigenvalue weighted by molar-refractivity contribution is 5.46. The SMILES string of the molecule is COc1cc(C#N)ccc1OCC(O)CNCC(C)C. The number of nitrogens with one attached hydrogen (secondary N) is 1. The van der Waals surface area contributed by atoms with Crippen LogP contribution in [0.5, 0.6) is 11.5 Å². The number of aliphatic hydroxyl groups is 1. The van der Waals surface area contributed by atoms with Gasteiger partial charge < -0.3 is 19.9 Å². The van der Waals surface area contributed by atoms with Gasteiger partial charge in [0.15, 0.2) is 11.5 Å². The van der Waals surface area contributed by atoms with Crippen LogP contribution in [0.25, 0.3) is 0 Å². The van der Waals surface area contributed by atoms with Crippen molar-refractivity contribution in [1.82, 2.24) is 5.32 Å². The summed E-state index contributed by atoms with van der Waals surface area (Å²) in [6, 6.07) is 6.97. The smallest absolute Gasteiger partial charge is 0.162 e. The van der Waals surface area contributed by atoms with E-state index >= 15 is 0 Å². The maximum atomic E-state index is 9.81. The summed E-state index contributed by atoms with van der Waals surface area (Å²) in [6.07, 6.45) is -0.589. The van der Waals surface area contributed by atoms with Crippen LogP contribution in [0.1, 0.15) is 19.4 Å². The van der Waals surface area contributed by atoms with Gasteiger partial charge >= 0.3 is 0 Å². The van der Waals surface area contributed by atoms with Gasteiger partial charge in [-0.2, -0.15) is 5.26 Å². The Kier molecular flexibility index (Phi) is 6.85. The summed E-state index contributed by atoms with van der Waals surface area (Å²) in [6.45, 7) is 5.73. The zero-order valence-corrected chi connectivity index (χ0v) is 12.2. The van der Waals surface area contributed by atoms with Crippen molar-refractivity contribution >= 4 is 0 Å². The Morgan fingerprint density at radius 2 is 2.05 bits per heavy atom. The van der Waals surface area contributed by atoms with Gasteiger partial charge in [-0.15, -0.1) is 0 Å². The Balaban J connectivity index is 2.47. The van der Waals surface area contributed by atoms with Gasteiger partial charge in [-0.1, -0.05) is 13.8 Å². The standard InChI is InChI=1S/C15H22N2O3/c1-11(2)8-17-9-13(18)10-20-14-5-4-12(7-16)6-15(14)19-3/h4-6,11,13,17-18H,8-10H2,1-3H3. The molecule has 0 bridgehead atoms. The molecule has 0 aliphatic rings. The van der Waals surface area contributed by atoms with Crippen LogP contribution >= 0.6 is 0 Å². The molecule has 0 saturated heterocycles. The average Bonchev–Trinajstić information content (AvgIpc) is 2.44. The zero-order valence-electron chi connectivity index (χ0n) is 12.2. The molecule has 0 radical (unpaired) electrons. The molecule has 5 heteroatoms. The van der Waals surface area contributed by atoms with Crippen molar-refractivity contribution in [1.29, 1.82) is 5.26 Å². The van der Waals surface area contributed by atoms with Gasteiger partial charge in [-0.05, 0) is 24.6 Å². The van der Waals surface area contributed by atoms with Crippen LogP contribution in [0.3, 0.4) is 0 Å². The van der Waals surface area contributed by atoms with E-state index < -0.39 is 6.10 Å². The maximum Gasteiger partial charge on any atom is 0.162 e. The molecule has 0 heterocycles. The molecule has 0 amide bonds. The number of benzene rings is 1. The Hall–Kier alpha value is -1.77. The molecule has 0 aliphatic carbocycles. The number of ether oxygens (including phenoxy) is 2. The molecule has 1 unspecified atom stereocenters. The van der Waals surface area contributed by atoms with E-state index in [4.69, 9.17) is 14.7 Å². The van der Waals surface area contributed by atoms with E-state index in [1.54, 1.807) is 18.2 Å². The molecular weight excluding hydrogens is 256 g/mol. The van der Waals surface area contributed by atoms with E-state index in [0.717, 1.165) is 6.54 Å². The highest BCUT2D eigenvalue weighted by atomic mass is 16.5. The van der Waals surface area contributed by atoms with Gasteiger partial charge in [0.05, 0.1) is 18.7 Å². The van der Waals surface area contributed by atoms with Gasteiger partial charge in [0.1, 0.15) is 12.7 Å². The van der Waals surface area contributed by atoms with Crippen molar-refractivity contribution in [3.8, 4) is 17.6 Å². The first-order valence-corrected chi connectivity index (χ1v) is 6.66. The molecule has 110 valence electrons. The van der Waals surface area contributed by atoms with Crippen molar-refractivity contribution in [3.05, 3.63) is 23.8 Å². The minimum atomic E-state index is -0.589. The number of hydrogen-bond donors (Lipinski definition) is 2. The maximum absolute atomic E-state index is 9.81. The van der Waals surface area contributed by atoms with Crippen LogP contribution in [0, 0.1) is 17.2 Å². The number of hydrogen-bond acceptors (Lipinski definition) is 5. The van der Waals surface area contributed by atoms with Crippen LogP contribution < -0.4 is 14.8 Å². The normalized spacial score (nSPS) is 12.0. The third-order valence-corrected chi connectivity index (χ3v) is 2.66. The second kappa shape index (κ2) is 8.41. The third-order valence-electron chi connectivity index (χ3n) is 2.66. The quantitative estimate of drug-likeness (QED) is 0.754. The lowest BCUT2D eigenvalue weighted by Gasteiger charge is -2.15. The molecule has 1 aromatic carbocycles. The van der Waals surface area contributed by atoms with E-state index in [-0.39, 0.29) is 6.61 Å². The zero-order chi connectivity index (χ0) is 15.0. The monoisotopic (exact) mass is 278 g/mol. The molecule has 2 N–H and O–H groups in total. The van der Waals surface area contributed by atoms with Crippen LogP contribution in [0.4, 0.5) is 0 Å². The first-order valence-electron chi connectivity index (χ1n) is 6.66. The van der Waals surface area contributed by atoms with E-state index in [1.807, 2.05) is 6.07 Å². The molecule has 1 rings (SSSR count). The predicted octanol–water partition coefficient (Wildman–Crippen LogP) is 1.55. The number of rotatable bonds is 8. The van der Waals surface area contributed by atoms with Crippen LogP contribution in [-0.4, -0.2) is 38.0 Å². The van der Waals surface area contributed by atoms with E-state index in [9.17, 15) is 5.11 Å². The van der Waals surface area contributed by atoms with Gasteiger partial charge in [0.2, 0.25) is 0 Å². The van der Waals surface area contributed by atoms with Crippen molar-refractivity contribution in [2.75, 3.05) is 26.8 Å². The Bertz CT molecular complexity index is 455. The lowest BCUT2D eigenvalue weighted by Crippen LogP contribution is -2.33. The second-order valence-electron chi connectivity index (χ2n) is 4.99. The van der Waals surface area contributed by atoms with Crippen LogP contribution in [-0.2, 0) is 0 Å². The fourth-order valence-electron chi connectivity index (χ4n) is 1.64. The molecule has 0 aromatic heterocycles. The molecule has 1 aromatic rings. The van der Waals surface area contributed by atoms with Crippen LogP contribution in [0.15, 0.2) is 18.2 Å².